The van der Waals surface area contributed by atoms with Crippen LogP contribution >= 0.6 is 0 Å². The lowest BCUT2D eigenvalue weighted by atomic mass is 10.4. The Morgan fingerprint density at radius 2 is 2.38 bits per heavy atom. The molecule has 1 N–H and O–H groups in total. The first-order valence-electron chi connectivity index (χ1n) is 4.31. The fraction of sp³-hybridized carbons (Fsp3) is 0.300. The number of nitrogens with zero attached hydrogens (tertiary/aromatic N) is 1. The summed E-state index contributed by atoms with van der Waals surface area (Å²) in [4.78, 5) is 11.2. The van der Waals surface area contributed by atoms with E-state index < -0.39 is 0 Å². The molecule has 0 aliphatic heterocycles. The fourth-order valence-electron chi connectivity index (χ4n) is 1.05. The van der Waals surface area contributed by atoms with E-state index in [0.29, 0.717) is 6.54 Å². The van der Waals surface area contributed by atoms with Crippen molar-refractivity contribution in [1.82, 2.24) is 9.88 Å². The Morgan fingerprint density at radius 3 is 3.08 bits per heavy atom. The quantitative estimate of drug-likeness (QED) is 0.530. The number of hydrogen-bond acceptors (Lipinski definition) is 2. The third-order valence-electron chi connectivity index (χ3n) is 1.72. The summed E-state index contributed by atoms with van der Waals surface area (Å²) in [5.74, 6) is 0. The summed E-state index contributed by atoms with van der Waals surface area (Å²) in [6.45, 7) is 5.86. The van der Waals surface area contributed by atoms with E-state index in [-0.39, 0.29) is 5.56 Å². The highest BCUT2D eigenvalue weighted by atomic mass is 16.1. The Bertz CT molecular complexity index is 317. The summed E-state index contributed by atoms with van der Waals surface area (Å²) in [5, 5.41) is 3.13. The van der Waals surface area contributed by atoms with Crippen LogP contribution in [0.25, 0.3) is 0 Å². The molecule has 3 heteroatoms. The van der Waals surface area contributed by atoms with E-state index in [4.69, 9.17) is 0 Å². The van der Waals surface area contributed by atoms with Gasteiger partial charge in [0.25, 0.3) is 5.56 Å². The first kappa shape index (κ1) is 9.74. The molecule has 0 aliphatic rings. The Labute approximate surface area is 77.7 Å². The Kier molecular flexibility index (Phi) is 3.99. The van der Waals surface area contributed by atoms with Crippen LogP contribution in [0.1, 0.15) is 0 Å². The van der Waals surface area contributed by atoms with Gasteiger partial charge in [-0.1, -0.05) is 12.1 Å². The van der Waals surface area contributed by atoms with Crippen molar-refractivity contribution in [3.63, 3.8) is 0 Å². The zero-order valence-electron chi connectivity index (χ0n) is 7.57. The average molecular weight is 178 g/mol. The van der Waals surface area contributed by atoms with E-state index in [1.807, 2.05) is 6.07 Å². The predicted octanol–water partition coefficient (Wildman–Crippen LogP) is 0.624. The van der Waals surface area contributed by atoms with Gasteiger partial charge >= 0.3 is 0 Å². The van der Waals surface area contributed by atoms with Crippen LogP contribution in [0.15, 0.2) is 41.8 Å². The highest BCUT2D eigenvalue weighted by molar-refractivity contribution is 4.93. The summed E-state index contributed by atoms with van der Waals surface area (Å²) in [6.07, 6.45) is 3.59. The molecular weight excluding hydrogens is 164 g/mol. The largest absolute Gasteiger partial charge is 0.314 e. The molecule has 0 aliphatic carbocycles. The molecule has 3 nitrogen and oxygen atoms in total. The van der Waals surface area contributed by atoms with Crippen molar-refractivity contribution >= 4 is 0 Å². The highest BCUT2D eigenvalue weighted by Crippen LogP contribution is 1.80. The Hall–Kier alpha value is -1.35. The molecule has 0 saturated carbocycles. The van der Waals surface area contributed by atoms with Crippen molar-refractivity contribution in [3.05, 3.63) is 47.4 Å². The Balaban J connectivity index is 2.41. The van der Waals surface area contributed by atoms with Crippen molar-refractivity contribution in [2.24, 2.45) is 0 Å². The number of aromatic nitrogens is 1. The second kappa shape index (κ2) is 5.32. The Morgan fingerprint density at radius 1 is 1.54 bits per heavy atom. The van der Waals surface area contributed by atoms with Gasteiger partial charge in [-0.2, -0.15) is 0 Å². The zero-order valence-corrected chi connectivity index (χ0v) is 7.57. The molecule has 1 rings (SSSR count). The first-order valence-corrected chi connectivity index (χ1v) is 4.31. The van der Waals surface area contributed by atoms with E-state index in [2.05, 4.69) is 11.9 Å². The van der Waals surface area contributed by atoms with Crippen LogP contribution in [0.3, 0.4) is 0 Å². The molecule has 0 radical (unpaired) electrons. The molecule has 0 unspecified atom stereocenters. The second-order valence-electron chi connectivity index (χ2n) is 2.73. The van der Waals surface area contributed by atoms with Crippen LogP contribution in [0.5, 0.6) is 0 Å². The van der Waals surface area contributed by atoms with Crippen LogP contribution < -0.4 is 10.9 Å². The second-order valence-corrected chi connectivity index (χ2v) is 2.73. The molecule has 0 bridgehead atoms. The van der Waals surface area contributed by atoms with Crippen LogP contribution in [0.2, 0.25) is 0 Å². The molecule has 0 aromatic carbocycles. The number of rotatable bonds is 5. The minimum Gasteiger partial charge on any atom is -0.314 e. The lowest BCUT2D eigenvalue weighted by molar-refractivity contribution is 0.610. The van der Waals surface area contributed by atoms with Gasteiger partial charge in [0.1, 0.15) is 0 Å². The van der Waals surface area contributed by atoms with E-state index in [0.717, 1.165) is 13.1 Å². The SMILES string of the molecule is C=CCNCCn1ccccc1=O. The maximum Gasteiger partial charge on any atom is 0.250 e. The smallest absolute Gasteiger partial charge is 0.250 e. The van der Waals surface area contributed by atoms with Gasteiger partial charge in [0.2, 0.25) is 0 Å². The molecule has 0 saturated heterocycles. The van der Waals surface area contributed by atoms with Crippen molar-refractivity contribution in [2.75, 3.05) is 13.1 Å². The zero-order chi connectivity index (χ0) is 9.52. The van der Waals surface area contributed by atoms with Gasteiger partial charge < -0.3 is 9.88 Å². The molecular formula is C10H14N2O. The normalized spacial score (nSPS) is 9.85. The molecule has 0 fully saturated rings. The molecule has 0 spiro atoms. The topological polar surface area (TPSA) is 34.0 Å². The maximum absolute atomic E-state index is 11.2. The first-order chi connectivity index (χ1) is 6.34. The van der Waals surface area contributed by atoms with Crippen LogP contribution in [-0.2, 0) is 6.54 Å². The summed E-state index contributed by atoms with van der Waals surface area (Å²) in [6, 6.07) is 5.17. The van der Waals surface area contributed by atoms with Gasteiger partial charge in [0, 0.05) is 31.9 Å². The fourth-order valence-corrected chi connectivity index (χ4v) is 1.05. The minimum atomic E-state index is 0.0444. The van der Waals surface area contributed by atoms with Crippen molar-refractivity contribution in [1.29, 1.82) is 0 Å². The maximum atomic E-state index is 11.2. The average Bonchev–Trinajstić information content (AvgIpc) is 2.15. The lowest BCUT2D eigenvalue weighted by Gasteiger charge is -2.04. The van der Waals surface area contributed by atoms with E-state index in [9.17, 15) is 4.79 Å². The monoisotopic (exact) mass is 178 g/mol. The number of pyridine rings is 1. The predicted molar refractivity (Wildman–Crippen MR) is 53.8 cm³/mol. The summed E-state index contributed by atoms with van der Waals surface area (Å²) in [7, 11) is 0. The van der Waals surface area contributed by atoms with Gasteiger partial charge in [-0.3, -0.25) is 4.79 Å². The van der Waals surface area contributed by atoms with Gasteiger partial charge in [0.05, 0.1) is 0 Å². The molecule has 13 heavy (non-hydrogen) atoms. The van der Waals surface area contributed by atoms with Crippen LogP contribution in [0, 0.1) is 0 Å². The molecule has 1 heterocycles. The van der Waals surface area contributed by atoms with Gasteiger partial charge in [-0.05, 0) is 6.07 Å². The van der Waals surface area contributed by atoms with Gasteiger partial charge in [0.15, 0.2) is 0 Å². The number of nitrogens with one attached hydrogen (secondary N) is 1. The molecule has 0 amide bonds. The van der Waals surface area contributed by atoms with Gasteiger partial charge in [-0.25, -0.2) is 0 Å². The highest BCUT2D eigenvalue weighted by Gasteiger charge is 1.91. The lowest BCUT2D eigenvalue weighted by Crippen LogP contribution is -2.25. The van der Waals surface area contributed by atoms with E-state index in [1.165, 1.54) is 0 Å². The molecule has 1 aromatic rings. The number of hydrogen-bond donors (Lipinski definition) is 1. The van der Waals surface area contributed by atoms with Crippen LogP contribution in [-0.4, -0.2) is 17.7 Å². The minimum absolute atomic E-state index is 0.0444. The third kappa shape index (κ3) is 3.25. The summed E-state index contributed by atoms with van der Waals surface area (Å²) in [5.41, 5.74) is 0.0444. The van der Waals surface area contributed by atoms with E-state index in [1.54, 1.807) is 29.0 Å². The van der Waals surface area contributed by atoms with Crippen molar-refractivity contribution in [3.8, 4) is 0 Å². The van der Waals surface area contributed by atoms with Crippen molar-refractivity contribution < 1.29 is 0 Å². The van der Waals surface area contributed by atoms with Crippen LogP contribution in [0.4, 0.5) is 0 Å². The summed E-state index contributed by atoms with van der Waals surface area (Å²) >= 11 is 0. The molecule has 70 valence electrons. The van der Waals surface area contributed by atoms with E-state index >= 15 is 0 Å². The van der Waals surface area contributed by atoms with Gasteiger partial charge in [-0.15, -0.1) is 6.58 Å². The standard InChI is InChI=1S/C10H14N2O/c1-2-6-11-7-9-12-8-4-3-5-10(12)13/h2-5,8,11H,1,6-7,9H2. The summed E-state index contributed by atoms with van der Waals surface area (Å²) < 4.78 is 1.68. The third-order valence-corrected chi connectivity index (χ3v) is 1.72. The molecule has 0 atom stereocenters. The van der Waals surface area contributed by atoms with Crippen molar-refractivity contribution in [2.45, 2.75) is 6.54 Å². The molecule has 1 aromatic heterocycles.